The molecule has 11 heteroatoms. The number of amides is 2. The fraction of sp³-hybridized carbons (Fsp3) is 0.231. The van der Waals surface area contributed by atoms with Gasteiger partial charge in [0.15, 0.2) is 0 Å². The summed E-state index contributed by atoms with van der Waals surface area (Å²) in [6, 6.07) is 13.7. The van der Waals surface area contributed by atoms with E-state index < -0.39 is 23.0 Å². The maximum atomic E-state index is 13.4. The summed E-state index contributed by atoms with van der Waals surface area (Å²) in [6.45, 7) is -0.000172. The second kappa shape index (κ2) is 11.7. The Bertz CT molecular complexity index is 1550. The fourth-order valence-corrected chi connectivity index (χ4v) is 4.06. The van der Waals surface area contributed by atoms with Crippen LogP contribution in [0.15, 0.2) is 74.9 Å². The Kier molecular flexibility index (Phi) is 8.19. The van der Waals surface area contributed by atoms with E-state index >= 15 is 0 Å². The number of para-hydroxylation sites is 1. The molecule has 0 spiro atoms. The maximum absolute atomic E-state index is 13.4. The first-order valence-corrected chi connectivity index (χ1v) is 12.0. The summed E-state index contributed by atoms with van der Waals surface area (Å²) in [6.07, 6.45) is 2.61. The Labute approximate surface area is 215 Å². The number of fused-ring (bicyclic) bond motifs is 1. The first-order valence-electron chi connectivity index (χ1n) is 11.6. The molecule has 192 valence electrons. The van der Waals surface area contributed by atoms with Crippen LogP contribution in [-0.2, 0) is 29.2 Å². The number of nitrogens with zero attached hydrogens (tertiary/aromatic N) is 2. The predicted molar refractivity (Wildman–Crippen MR) is 137 cm³/mol. The van der Waals surface area contributed by atoms with Crippen molar-refractivity contribution in [3.63, 3.8) is 0 Å². The molecule has 2 heterocycles. The van der Waals surface area contributed by atoms with E-state index in [0.717, 1.165) is 10.6 Å². The highest BCUT2D eigenvalue weighted by Crippen LogP contribution is 2.19. The molecule has 2 aromatic heterocycles. The monoisotopic (exact) mass is 526 g/mol. The number of nitrogens with one attached hydrogen (secondary N) is 2. The van der Waals surface area contributed by atoms with E-state index in [2.05, 4.69) is 10.6 Å². The lowest BCUT2D eigenvalue weighted by Gasteiger charge is -2.14. The van der Waals surface area contributed by atoms with Crippen LogP contribution in [0, 0.1) is 5.82 Å². The first kappa shape index (κ1) is 25.9. The van der Waals surface area contributed by atoms with Crippen LogP contribution in [-0.4, -0.2) is 20.9 Å². The highest BCUT2D eigenvalue weighted by Gasteiger charge is 2.16. The molecule has 0 unspecified atom stereocenters. The van der Waals surface area contributed by atoms with Crippen LogP contribution in [0.2, 0.25) is 5.02 Å². The standard InChI is InChI=1S/C26H24ClFN4O5/c27-20-14-17(10-11-21(20)28)30-24(34)16-32-22-8-2-1-7-19(22)25(35)31(26(32)36)12-4-3-9-23(33)29-15-18-6-5-13-37-18/h1-2,5-8,10-11,13-14H,3-4,9,12,15-16H2,(H,29,33)(H,30,34). The predicted octanol–water partition coefficient (Wildman–Crippen LogP) is 3.67. The Morgan fingerprint density at radius 3 is 2.54 bits per heavy atom. The van der Waals surface area contributed by atoms with Crippen molar-refractivity contribution in [1.82, 2.24) is 14.5 Å². The van der Waals surface area contributed by atoms with Crippen molar-refractivity contribution in [3.05, 3.63) is 98.3 Å². The Morgan fingerprint density at radius 2 is 1.78 bits per heavy atom. The van der Waals surface area contributed by atoms with E-state index in [0.29, 0.717) is 24.1 Å². The summed E-state index contributed by atoms with van der Waals surface area (Å²) in [4.78, 5) is 51.0. The third-order valence-corrected chi connectivity index (χ3v) is 6.00. The van der Waals surface area contributed by atoms with E-state index in [-0.39, 0.29) is 48.1 Å². The van der Waals surface area contributed by atoms with Gasteiger partial charge >= 0.3 is 5.69 Å². The van der Waals surface area contributed by atoms with E-state index in [9.17, 15) is 23.6 Å². The quantitative estimate of drug-likeness (QED) is 0.306. The van der Waals surface area contributed by atoms with E-state index in [4.69, 9.17) is 16.0 Å². The minimum atomic E-state index is -0.641. The molecule has 0 aliphatic rings. The lowest BCUT2D eigenvalue weighted by Crippen LogP contribution is -2.41. The Balaban J connectivity index is 1.46. The molecular weight excluding hydrogens is 503 g/mol. The summed E-state index contributed by atoms with van der Waals surface area (Å²) < 4.78 is 20.9. The van der Waals surface area contributed by atoms with Crippen LogP contribution >= 0.6 is 11.6 Å². The SMILES string of the molecule is O=C(CCCCn1c(=O)c2ccccc2n(CC(=O)Nc2ccc(F)c(Cl)c2)c1=O)NCc1ccco1. The number of unbranched alkanes of at least 4 members (excludes halogenated alkanes) is 1. The molecule has 0 bridgehead atoms. The average molecular weight is 527 g/mol. The van der Waals surface area contributed by atoms with Gasteiger partial charge in [-0.05, 0) is 55.3 Å². The van der Waals surface area contributed by atoms with Crippen molar-refractivity contribution >= 4 is 40.0 Å². The molecule has 2 aromatic carbocycles. The normalized spacial score (nSPS) is 11.0. The first-order chi connectivity index (χ1) is 17.8. The largest absolute Gasteiger partial charge is 0.467 e. The summed E-state index contributed by atoms with van der Waals surface area (Å²) in [5, 5.41) is 5.47. The molecule has 0 atom stereocenters. The van der Waals surface area contributed by atoms with Crippen LogP contribution < -0.4 is 21.9 Å². The number of halogens is 2. The van der Waals surface area contributed by atoms with Gasteiger partial charge in [0.25, 0.3) is 5.56 Å². The molecule has 2 N–H and O–H groups in total. The van der Waals surface area contributed by atoms with Gasteiger partial charge in [0.1, 0.15) is 18.1 Å². The number of rotatable bonds is 10. The van der Waals surface area contributed by atoms with Crippen molar-refractivity contribution in [2.45, 2.75) is 38.9 Å². The van der Waals surface area contributed by atoms with E-state index in [1.807, 2.05) is 0 Å². The number of hydrogen-bond acceptors (Lipinski definition) is 5. The zero-order valence-electron chi connectivity index (χ0n) is 19.7. The second-order valence-corrected chi connectivity index (χ2v) is 8.74. The van der Waals surface area contributed by atoms with Gasteiger partial charge in [0.2, 0.25) is 11.8 Å². The summed E-state index contributed by atoms with van der Waals surface area (Å²) in [5.41, 5.74) is -0.520. The topological polar surface area (TPSA) is 115 Å². The van der Waals surface area contributed by atoms with Crippen molar-refractivity contribution in [1.29, 1.82) is 0 Å². The van der Waals surface area contributed by atoms with Gasteiger partial charge in [-0.25, -0.2) is 9.18 Å². The van der Waals surface area contributed by atoms with Crippen LogP contribution in [0.5, 0.6) is 0 Å². The minimum absolute atomic E-state index is 0.0865. The van der Waals surface area contributed by atoms with Crippen LogP contribution in [0.4, 0.5) is 10.1 Å². The molecule has 9 nitrogen and oxygen atoms in total. The molecule has 2 amide bonds. The molecule has 0 fully saturated rings. The molecule has 0 saturated carbocycles. The molecule has 0 saturated heterocycles. The molecule has 4 aromatic rings. The van der Waals surface area contributed by atoms with Crippen molar-refractivity contribution < 1.29 is 18.4 Å². The Morgan fingerprint density at radius 1 is 0.973 bits per heavy atom. The van der Waals surface area contributed by atoms with Gasteiger partial charge in [0, 0.05) is 18.7 Å². The van der Waals surface area contributed by atoms with Crippen LogP contribution in [0.1, 0.15) is 25.0 Å². The van der Waals surface area contributed by atoms with Crippen LogP contribution in [0.3, 0.4) is 0 Å². The third kappa shape index (κ3) is 6.34. The van der Waals surface area contributed by atoms with Gasteiger partial charge in [-0.15, -0.1) is 0 Å². The lowest BCUT2D eigenvalue weighted by atomic mass is 10.2. The number of benzene rings is 2. The molecule has 0 aliphatic heterocycles. The van der Waals surface area contributed by atoms with E-state index in [1.54, 1.807) is 36.4 Å². The van der Waals surface area contributed by atoms with Gasteiger partial charge < -0.3 is 15.1 Å². The minimum Gasteiger partial charge on any atom is -0.467 e. The number of carbonyl (C=O) groups is 2. The van der Waals surface area contributed by atoms with Crippen molar-refractivity contribution in [2.24, 2.45) is 0 Å². The van der Waals surface area contributed by atoms with Gasteiger partial charge in [-0.2, -0.15) is 0 Å². The molecular formula is C26H24ClFN4O5. The van der Waals surface area contributed by atoms with Gasteiger partial charge in [-0.3, -0.25) is 23.5 Å². The lowest BCUT2D eigenvalue weighted by molar-refractivity contribution is -0.121. The molecule has 37 heavy (non-hydrogen) atoms. The van der Waals surface area contributed by atoms with Crippen molar-refractivity contribution in [2.75, 3.05) is 5.32 Å². The third-order valence-electron chi connectivity index (χ3n) is 5.71. The molecule has 4 rings (SSSR count). The highest BCUT2D eigenvalue weighted by molar-refractivity contribution is 6.31. The zero-order chi connectivity index (χ0) is 26.4. The van der Waals surface area contributed by atoms with Gasteiger partial charge in [0.05, 0.1) is 28.7 Å². The molecule has 0 radical (unpaired) electrons. The average Bonchev–Trinajstić information content (AvgIpc) is 3.41. The number of furan rings is 1. The summed E-state index contributed by atoms with van der Waals surface area (Å²) in [5.74, 6) is -0.697. The molecule has 0 aliphatic carbocycles. The number of anilines is 1. The Hall–Kier alpha value is -4.18. The second-order valence-electron chi connectivity index (χ2n) is 8.33. The van der Waals surface area contributed by atoms with Crippen LogP contribution in [0.25, 0.3) is 10.9 Å². The number of aromatic nitrogens is 2. The van der Waals surface area contributed by atoms with Gasteiger partial charge in [-0.1, -0.05) is 23.7 Å². The fourth-order valence-electron chi connectivity index (χ4n) is 3.88. The maximum Gasteiger partial charge on any atom is 0.331 e. The highest BCUT2D eigenvalue weighted by atomic mass is 35.5. The number of hydrogen-bond donors (Lipinski definition) is 2. The zero-order valence-corrected chi connectivity index (χ0v) is 20.5. The summed E-state index contributed by atoms with van der Waals surface area (Å²) in [7, 11) is 0. The number of carbonyl (C=O) groups excluding carboxylic acids is 2. The smallest absolute Gasteiger partial charge is 0.331 e. The van der Waals surface area contributed by atoms with Crippen molar-refractivity contribution in [3.8, 4) is 0 Å². The summed E-state index contributed by atoms with van der Waals surface area (Å²) >= 11 is 5.77. The van der Waals surface area contributed by atoms with E-state index in [1.165, 1.54) is 23.0 Å².